The number of rotatable bonds is 8. The molecule has 3 heterocycles. The minimum Gasteiger partial charge on any atom is -0.489 e. The Morgan fingerprint density at radius 2 is 1.88 bits per heavy atom. The first-order chi connectivity index (χ1) is 15.8. The van der Waals surface area contributed by atoms with E-state index in [2.05, 4.69) is 24.6 Å². The van der Waals surface area contributed by atoms with Gasteiger partial charge in [-0.3, -0.25) is 0 Å². The van der Waals surface area contributed by atoms with E-state index in [0.29, 0.717) is 49.3 Å². The molecule has 2 aromatic heterocycles. The van der Waals surface area contributed by atoms with E-state index in [0.717, 1.165) is 6.04 Å². The highest BCUT2D eigenvalue weighted by molar-refractivity contribution is 6.76. The normalized spacial score (nSPS) is 15.5. The van der Waals surface area contributed by atoms with Crippen molar-refractivity contribution in [3.8, 4) is 5.75 Å². The number of hydrogen-bond donors (Lipinski definition) is 1. The first-order valence-electron chi connectivity index (χ1n) is 11.8. The first-order valence-corrected chi connectivity index (χ1v) is 15.5. The molecular weight excluding hydrogens is 454 g/mol. The van der Waals surface area contributed by atoms with E-state index in [1.54, 1.807) is 27.9 Å². The zero-order chi connectivity index (χ0) is 25.1. The third kappa shape index (κ3) is 7.20. The van der Waals surface area contributed by atoms with Crippen molar-refractivity contribution < 1.29 is 28.9 Å². The number of carbonyl (C=O) groups excluding carboxylic acids is 1. The van der Waals surface area contributed by atoms with Gasteiger partial charge in [-0.05, 0) is 32.9 Å². The molecule has 0 atom stereocenters. The molecule has 0 saturated carbocycles. The van der Waals surface area contributed by atoms with Crippen molar-refractivity contribution in [2.75, 3.05) is 19.7 Å². The molecule has 10 heteroatoms. The largest absolute Gasteiger partial charge is 0.489 e. The van der Waals surface area contributed by atoms with Crippen LogP contribution in [0, 0.1) is 0 Å². The fourth-order valence-corrected chi connectivity index (χ4v) is 4.46. The molecule has 34 heavy (non-hydrogen) atoms. The molecule has 0 radical (unpaired) electrons. The predicted molar refractivity (Wildman–Crippen MR) is 132 cm³/mol. The van der Waals surface area contributed by atoms with Crippen LogP contribution < -0.4 is 4.74 Å². The molecule has 9 nitrogen and oxygen atoms in total. The van der Waals surface area contributed by atoms with Crippen molar-refractivity contribution in [2.24, 2.45) is 0 Å². The second-order valence-electron chi connectivity index (χ2n) is 11.0. The molecular formula is C24H37N3O6Si. The number of fused-ring (bicyclic) bond motifs is 1. The van der Waals surface area contributed by atoms with Crippen LogP contribution in [0.15, 0.2) is 18.5 Å². The highest BCUT2D eigenvalue weighted by Gasteiger charge is 2.28. The second-order valence-corrected chi connectivity index (χ2v) is 16.6. The van der Waals surface area contributed by atoms with Gasteiger partial charge in [0.2, 0.25) is 0 Å². The van der Waals surface area contributed by atoms with Gasteiger partial charge in [0.05, 0.1) is 11.8 Å². The molecule has 1 amide bonds. The number of hydrogen-bond acceptors (Lipinski definition) is 6. The fraction of sp³-hybridized carbons (Fsp3) is 0.625. The zero-order valence-electron chi connectivity index (χ0n) is 21.1. The average molecular weight is 492 g/mol. The minimum atomic E-state index is -1.20. The Kier molecular flexibility index (Phi) is 7.92. The van der Waals surface area contributed by atoms with Gasteiger partial charge in [0.1, 0.15) is 29.8 Å². The maximum Gasteiger partial charge on any atom is 0.410 e. The number of piperidine rings is 1. The number of amides is 1. The smallest absolute Gasteiger partial charge is 0.410 e. The summed E-state index contributed by atoms with van der Waals surface area (Å²) in [5.41, 5.74) is 0.197. The minimum absolute atomic E-state index is 0.0850. The molecule has 0 aliphatic carbocycles. The van der Waals surface area contributed by atoms with E-state index < -0.39 is 19.6 Å². The Morgan fingerprint density at radius 1 is 1.21 bits per heavy atom. The van der Waals surface area contributed by atoms with Gasteiger partial charge in [-0.2, -0.15) is 0 Å². The lowest BCUT2D eigenvalue weighted by Crippen LogP contribution is -2.44. The van der Waals surface area contributed by atoms with Gasteiger partial charge in [-0.1, -0.05) is 19.6 Å². The summed E-state index contributed by atoms with van der Waals surface area (Å²) >= 11 is 0. The van der Waals surface area contributed by atoms with Gasteiger partial charge in [0, 0.05) is 52.2 Å². The molecule has 1 N–H and O–H groups in total. The van der Waals surface area contributed by atoms with E-state index in [9.17, 15) is 14.7 Å². The molecule has 0 aromatic carbocycles. The van der Waals surface area contributed by atoms with Crippen molar-refractivity contribution in [1.29, 1.82) is 0 Å². The summed E-state index contributed by atoms with van der Waals surface area (Å²) in [5.74, 6) is -0.501. The van der Waals surface area contributed by atoms with Crippen molar-refractivity contribution in [3.05, 3.63) is 24.0 Å². The number of likely N-dealkylation sites (tertiary alicyclic amines) is 1. The van der Waals surface area contributed by atoms with Crippen molar-refractivity contribution in [1.82, 2.24) is 14.5 Å². The maximum absolute atomic E-state index is 12.3. The molecule has 1 aliphatic heterocycles. The monoisotopic (exact) mass is 491 g/mol. The summed E-state index contributed by atoms with van der Waals surface area (Å²) in [6, 6.07) is 2.76. The lowest BCUT2D eigenvalue weighted by atomic mass is 10.1. The second kappa shape index (κ2) is 10.3. The lowest BCUT2D eigenvalue weighted by Gasteiger charge is -2.33. The van der Waals surface area contributed by atoms with E-state index in [1.165, 1.54) is 0 Å². The van der Waals surface area contributed by atoms with Gasteiger partial charge in [0.15, 0.2) is 0 Å². The number of ether oxygens (including phenoxy) is 3. The van der Waals surface area contributed by atoms with Gasteiger partial charge in [0.25, 0.3) is 0 Å². The van der Waals surface area contributed by atoms with E-state index in [1.807, 2.05) is 20.8 Å². The van der Waals surface area contributed by atoms with E-state index in [-0.39, 0.29) is 24.5 Å². The summed E-state index contributed by atoms with van der Waals surface area (Å²) in [5, 5.41) is 10.2. The number of nitrogens with zero attached hydrogens (tertiary/aromatic N) is 3. The van der Waals surface area contributed by atoms with E-state index in [4.69, 9.17) is 14.2 Å². The summed E-state index contributed by atoms with van der Waals surface area (Å²) < 4.78 is 19.1. The van der Waals surface area contributed by atoms with Crippen LogP contribution in [0.3, 0.4) is 0 Å². The summed E-state index contributed by atoms with van der Waals surface area (Å²) in [7, 11) is -1.20. The van der Waals surface area contributed by atoms with Crippen LogP contribution in [0.25, 0.3) is 11.0 Å². The maximum atomic E-state index is 12.3. The lowest BCUT2D eigenvalue weighted by molar-refractivity contribution is 0.0126. The van der Waals surface area contributed by atoms with Crippen molar-refractivity contribution in [3.63, 3.8) is 0 Å². The number of carbonyl (C=O) groups is 2. The highest BCUT2D eigenvalue weighted by Crippen LogP contribution is 2.27. The Labute approximate surface area is 202 Å². The Bertz CT molecular complexity index is 1020. The highest BCUT2D eigenvalue weighted by atomic mass is 28.3. The molecule has 1 aliphatic rings. The summed E-state index contributed by atoms with van der Waals surface area (Å²) in [6.45, 7) is 14.4. The quantitative estimate of drug-likeness (QED) is 0.417. The van der Waals surface area contributed by atoms with Crippen LogP contribution in [0.5, 0.6) is 5.75 Å². The van der Waals surface area contributed by atoms with Crippen LogP contribution in [0.1, 0.15) is 44.0 Å². The standard InChI is InChI=1S/C24H37N3O6Si/c1-24(2,3)33-23(30)26-9-7-17(8-10-26)32-18-13-19-20(22(28)29)15-27(21(19)25-14-18)16-31-11-12-34(4,5)6/h13-15,17H,7-12,16H2,1-6H3,(H,28,29). The number of aromatic nitrogens is 2. The Balaban J connectivity index is 1.64. The summed E-state index contributed by atoms with van der Waals surface area (Å²) in [4.78, 5) is 30.3. The van der Waals surface area contributed by atoms with Crippen LogP contribution in [-0.2, 0) is 16.2 Å². The Morgan fingerprint density at radius 3 is 2.47 bits per heavy atom. The molecule has 188 valence electrons. The third-order valence-electron chi connectivity index (χ3n) is 5.54. The molecule has 0 bridgehead atoms. The molecule has 1 fully saturated rings. The number of aromatic carboxylic acids is 1. The van der Waals surface area contributed by atoms with Crippen LogP contribution in [0.4, 0.5) is 4.79 Å². The van der Waals surface area contributed by atoms with Gasteiger partial charge in [-0.15, -0.1) is 0 Å². The average Bonchev–Trinajstić information content (AvgIpc) is 3.08. The van der Waals surface area contributed by atoms with Gasteiger partial charge in [-0.25, -0.2) is 14.6 Å². The van der Waals surface area contributed by atoms with Crippen LogP contribution >= 0.6 is 0 Å². The molecule has 1 saturated heterocycles. The molecule has 3 rings (SSSR count). The SMILES string of the molecule is CC(C)(C)OC(=O)N1CCC(Oc2cnc3c(c2)c(C(=O)O)cn3COCC[Si](C)(C)C)CC1. The topological polar surface area (TPSA) is 103 Å². The molecule has 0 spiro atoms. The van der Waals surface area contributed by atoms with Crippen LogP contribution in [-0.4, -0.2) is 71.1 Å². The molecule has 2 aromatic rings. The zero-order valence-corrected chi connectivity index (χ0v) is 22.1. The van der Waals surface area contributed by atoms with Crippen LogP contribution in [0.2, 0.25) is 25.7 Å². The Hall–Kier alpha value is -2.59. The number of pyridine rings is 1. The predicted octanol–water partition coefficient (Wildman–Crippen LogP) is 4.83. The fourth-order valence-electron chi connectivity index (χ4n) is 3.70. The van der Waals surface area contributed by atoms with Crippen molar-refractivity contribution in [2.45, 2.75) is 77.7 Å². The van der Waals surface area contributed by atoms with Crippen molar-refractivity contribution >= 4 is 31.2 Å². The third-order valence-corrected chi connectivity index (χ3v) is 7.25. The first kappa shape index (κ1) is 26.0. The van der Waals surface area contributed by atoms with Gasteiger partial charge >= 0.3 is 12.1 Å². The molecule has 0 unspecified atom stereocenters. The summed E-state index contributed by atoms with van der Waals surface area (Å²) in [6.07, 6.45) is 4.11. The number of carboxylic acids is 1. The van der Waals surface area contributed by atoms with E-state index >= 15 is 0 Å². The van der Waals surface area contributed by atoms with Gasteiger partial charge < -0.3 is 28.8 Å². The number of carboxylic acid groups (broad SMARTS) is 1.